The highest BCUT2D eigenvalue weighted by atomic mass is 16.1. The molecule has 0 unspecified atom stereocenters. The number of imidazole rings is 1. The van der Waals surface area contributed by atoms with Crippen LogP contribution in [0, 0.1) is 6.92 Å². The van der Waals surface area contributed by atoms with Crippen molar-refractivity contribution in [2.75, 3.05) is 6.54 Å². The Kier molecular flexibility index (Phi) is 2.13. The molecule has 2 aromatic rings. The molecule has 0 radical (unpaired) electrons. The van der Waals surface area contributed by atoms with Crippen LogP contribution in [-0.2, 0) is 6.54 Å². The van der Waals surface area contributed by atoms with Crippen LogP contribution in [0.3, 0.4) is 0 Å². The fraction of sp³-hybridized carbons (Fsp3) is 0.300. The van der Waals surface area contributed by atoms with Crippen molar-refractivity contribution >= 4 is 11.0 Å². The minimum atomic E-state index is -0.0870. The van der Waals surface area contributed by atoms with Gasteiger partial charge < -0.3 is 10.7 Å². The number of aromatic amines is 1. The lowest BCUT2D eigenvalue weighted by Gasteiger charge is -2.00. The summed E-state index contributed by atoms with van der Waals surface area (Å²) in [4.78, 5) is 14.3. The van der Waals surface area contributed by atoms with Gasteiger partial charge in [0.1, 0.15) is 0 Å². The third kappa shape index (κ3) is 1.33. The predicted molar refractivity (Wildman–Crippen MR) is 56.4 cm³/mol. The first-order valence-electron chi connectivity index (χ1n) is 4.61. The van der Waals surface area contributed by atoms with Crippen LogP contribution in [0.2, 0.25) is 0 Å². The third-order valence-electron chi connectivity index (χ3n) is 2.28. The highest BCUT2D eigenvalue weighted by molar-refractivity contribution is 5.75. The van der Waals surface area contributed by atoms with Gasteiger partial charge in [-0.1, -0.05) is 6.07 Å². The second kappa shape index (κ2) is 3.31. The molecule has 0 aliphatic carbocycles. The van der Waals surface area contributed by atoms with E-state index in [0.29, 0.717) is 13.1 Å². The number of fused-ring (bicyclic) bond motifs is 1. The van der Waals surface area contributed by atoms with Gasteiger partial charge in [-0.2, -0.15) is 0 Å². The van der Waals surface area contributed by atoms with Gasteiger partial charge in [0.25, 0.3) is 0 Å². The van der Waals surface area contributed by atoms with E-state index >= 15 is 0 Å². The molecular formula is C10H13N3O. The van der Waals surface area contributed by atoms with Gasteiger partial charge in [0, 0.05) is 13.1 Å². The van der Waals surface area contributed by atoms with Crippen LogP contribution < -0.4 is 11.4 Å². The maximum atomic E-state index is 11.5. The van der Waals surface area contributed by atoms with Crippen LogP contribution in [0.25, 0.3) is 11.0 Å². The average molecular weight is 191 g/mol. The first kappa shape index (κ1) is 9.02. The largest absolute Gasteiger partial charge is 0.329 e. The summed E-state index contributed by atoms with van der Waals surface area (Å²) in [6.45, 7) is 3.03. The minimum absolute atomic E-state index is 0.0870. The number of hydrogen-bond acceptors (Lipinski definition) is 2. The number of rotatable bonds is 2. The number of nitrogens with two attached hydrogens (primary N) is 1. The molecule has 0 spiro atoms. The maximum absolute atomic E-state index is 11.5. The Morgan fingerprint density at radius 1 is 1.50 bits per heavy atom. The van der Waals surface area contributed by atoms with Crippen molar-refractivity contribution in [1.82, 2.24) is 9.55 Å². The van der Waals surface area contributed by atoms with Crippen molar-refractivity contribution in [3.8, 4) is 0 Å². The van der Waals surface area contributed by atoms with Gasteiger partial charge in [-0.25, -0.2) is 4.79 Å². The van der Waals surface area contributed by atoms with E-state index < -0.39 is 0 Å². The summed E-state index contributed by atoms with van der Waals surface area (Å²) in [7, 11) is 0. The van der Waals surface area contributed by atoms with Gasteiger partial charge in [0.15, 0.2) is 0 Å². The molecule has 1 aromatic carbocycles. The fourth-order valence-electron chi connectivity index (χ4n) is 1.61. The van der Waals surface area contributed by atoms with E-state index in [-0.39, 0.29) is 5.69 Å². The summed E-state index contributed by atoms with van der Waals surface area (Å²) < 4.78 is 1.67. The smallest absolute Gasteiger partial charge is 0.326 e. The molecule has 4 heteroatoms. The van der Waals surface area contributed by atoms with Crippen LogP contribution in [0.15, 0.2) is 23.0 Å². The van der Waals surface area contributed by atoms with Crippen LogP contribution in [-0.4, -0.2) is 16.1 Å². The molecule has 3 N–H and O–H groups in total. The number of H-pyrrole nitrogens is 1. The summed E-state index contributed by atoms with van der Waals surface area (Å²) in [6.07, 6.45) is 0. The second-order valence-electron chi connectivity index (χ2n) is 3.39. The van der Waals surface area contributed by atoms with Crippen molar-refractivity contribution in [3.05, 3.63) is 34.2 Å². The Morgan fingerprint density at radius 2 is 2.29 bits per heavy atom. The number of nitrogens with zero attached hydrogens (tertiary/aromatic N) is 1. The molecule has 4 nitrogen and oxygen atoms in total. The predicted octanol–water partition coefficient (Wildman–Crippen LogP) is 0.597. The second-order valence-corrected chi connectivity index (χ2v) is 3.39. The lowest BCUT2D eigenvalue weighted by molar-refractivity contribution is 0.702. The van der Waals surface area contributed by atoms with E-state index in [0.717, 1.165) is 16.6 Å². The van der Waals surface area contributed by atoms with Gasteiger partial charge in [-0.3, -0.25) is 4.57 Å². The standard InChI is InChI=1S/C10H13N3O/c1-7-2-3-8-9(6-7)13(5-4-11)10(14)12-8/h2-3,6H,4-5,11H2,1H3,(H,12,14). The molecule has 0 atom stereocenters. The number of aryl methyl sites for hydroxylation is 1. The lowest BCUT2D eigenvalue weighted by Crippen LogP contribution is -2.21. The van der Waals surface area contributed by atoms with Crippen LogP contribution in [0.5, 0.6) is 0 Å². The van der Waals surface area contributed by atoms with Gasteiger partial charge in [-0.05, 0) is 24.6 Å². The van der Waals surface area contributed by atoms with Crippen molar-refractivity contribution < 1.29 is 0 Å². The normalized spacial score (nSPS) is 11.0. The summed E-state index contributed by atoms with van der Waals surface area (Å²) in [6, 6.07) is 5.88. The van der Waals surface area contributed by atoms with Crippen LogP contribution in [0.1, 0.15) is 5.56 Å². The van der Waals surface area contributed by atoms with E-state index in [9.17, 15) is 4.79 Å². The first-order valence-corrected chi connectivity index (χ1v) is 4.61. The van der Waals surface area contributed by atoms with Crippen molar-refractivity contribution in [2.24, 2.45) is 5.73 Å². The molecule has 14 heavy (non-hydrogen) atoms. The molecule has 0 aliphatic heterocycles. The number of nitrogens with one attached hydrogen (secondary N) is 1. The quantitative estimate of drug-likeness (QED) is 0.730. The summed E-state index contributed by atoms with van der Waals surface area (Å²) >= 11 is 0. The minimum Gasteiger partial charge on any atom is -0.329 e. The van der Waals surface area contributed by atoms with Crippen LogP contribution >= 0.6 is 0 Å². The zero-order valence-corrected chi connectivity index (χ0v) is 8.08. The molecule has 0 bridgehead atoms. The Balaban J connectivity index is 2.73. The summed E-state index contributed by atoms with van der Waals surface area (Å²) in [5.41, 5.74) is 8.30. The molecule has 74 valence electrons. The van der Waals surface area contributed by atoms with E-state index in [4.69, 9.17) is 5.73 Å². The zero-order valence-electron chi connectivity index (χ0n) is 8.08. The molecule has 1 aromatic heterocycles. The first-order chi connectivity index (χ1) is 6.72. The molecule has 2 rings (SSSR count). The highest BCUT2D eigenvalue weighted by Gasteiger charge is 2.04. The topological polar surface area (TPSA) is 63.8 Å². The van der Waals surface area contributed by atoms with E-state index in [2.05, 4.69) is 4.98 Å². The highest BCUT2D eigenvalue weighted by Crippen LogP contribution is 2.11. The van der Waals surface area contributed by atoms with Gasteiger partial charge in [0.2, 0.25) is 0 Å². The van der Waals surface area contributed by atoms with E-state index in [1.165, 1.54) is 0 Å². The van der Waals surface area contributed by atoms with Gasteiger partial charge in [-0.15, -0.1) is 0 Å². The molecule has 0 saturated carbocycles. The third-order valence-corrected chi connectivity index (χ3v) is 2.28. The maximum Gasteiger partial charge on any atom is 0.326 e. The summed E-state index contributed by atoms with van der Waals surface area (Å²) in [5.74, 6) is 0. The van der Waals surface area contributed by atoms with E-state index in [1.54, 1.807) is 4.57 Å². The molecule has 0 amide bonds. The molecule has 0 aliphatic rings. The average Bonchev–Trinajstić information content (AvgIpc) is 2.45. The number of aromatic nitrogens is 2. The Hall–Kier alpha value is -1.55. The van der Waals surface area contributed by atoms with Crippen molar-refractivity contribution in [2.45, 2.75) is 13.5 Å². The molecular weight excluding hydrogens is 178 g/mol. The summed E-state index contributed by atoms with van der Waals surface area (Å²) in [5, 5.41) is 0. The van der Waals surface area contributed by atoms with Gasteiger partial charge >= 0.3 is 5.69 Å². The zero-order chi connectivity index (χ0) is 10.1. The number of benzene rings is 1. The van der Waals surface area contributed by atoms with Crippen LogP contribution in [0.4, 0.5) is 0 Å². The molecule has 1 heterocycles. The van der Waals surface area contributed by atoms with E-state index in [1.807, 2.05) is 25.1 Å². The monoisotopic (exact) mass is 191 g/mol. The van der Waals surface area contributed by atoms with Crippen molar-refractivity contribution in [3.63, 3.8) is 0 Å². The SMILES string of the molecule is Cc1ccc2[nH]c(=O)n(CCN)c2c1. The Labute approximate surface area is 81.3 Å². The lowest BCUT2D eigenvalue weighted by atomic mass is 10.2. The van der Waals surface area contributed by atoms with Crippen molar-refractivity contribution in [1.29, 1.82) is 0 Å². The molecule has 0 fully saturated rings. The number of hydrogen-bond donors (Lipinski definition) is 2. The fourth-order valence-corrected chi connectivity index (χ4v) is 1.61. The molecule has 0 saturated heterocycles. The Bertz CT molecular complexity index is 510. The Morgan fingerprint density at radius 3 is 3.00 bits per heavy atom. The van der Waals surface area contributed by atoms with Gasteiger partial charge in [0.05, 0.1) is 11.0 Å².